The van der Waals surface area contributed by atoms with E-state index in [1.165, 1.54) is 0 Å². The van der Waals surface area contributed by atoms with Gasteiger partial charge in [-0.15, -0.1) is 0 Å². The summed E-state index contributed by atoms with van der Waals surface area (Å²) in [5, 5.41) is 0. The molecule has 120 valence electrons. The molecule has 0 heterocycles. The Kier molecular flexibility index (Phi) is 6.38. The van der Waals surface area contributed by atoms with E-state index in [0.717, 1.165) is 36.8 Å². The van der Waals surface area contributed by atoms with Gasteiger partial charge >= 0.3 is 0 Å². The van der Waals surface area contributed by atoms with Crippen LogP contribution in [0.15, 0.2) is 23.1 Å². The number of nitrogens with one attached hydrogen (secondary N) is 1. The van der Waals surface area contributed by atoms with E-state index >= 15 is 0 Å². The lowest BCUT2D eigenvalue weighted by Gasteiger charge is -2.31. The van der Waals surface area contributed by atoms with Gasteiger partial charge in [0.25, 0.3) is 0 Å². The number of rotatable bonds is 8. The van der Waals surface area contributed by atoms with E-state index in [1.54, 1.807) is 12.1 Å². The van der Waals surface area contributed by atoms with Gasteiger partial charge in [0.1, 0.15) is 0 Å². The molecule has 0 aliphatic heterocycles. The van der Waals surface area contributed by atoms with Gasteiger partial charge in [0.05, 0.1) is 4.90 Å². The first kappa shape index (κ1) is 18.1. The van der Waals surface area contributed by atoms with Crippen molar-refractivity contribution in [3.8, 4) is 0 Å². The minimum absolute atomic E-state index is 0.305. The van der Waals surface area contributed by atoms with Crippen molar-refractivity contribution in [2.75, 3.05) is 0 Å². The van der Waals surface area contributed by atoms with Gasteiger partial charge < -0.3 is 5.73 Å². The van der Waals surface area contributed by atoms with Crippen LogP contribution in [0.25, 0.3) is 0 Å². The Morgan fingerprint density at radius 1 is 1.05 bits per heavy atom. The normalized spacial score (nSPS) is 12.6. The monoisotopic (exact) mass is 312 g/mol. The van der Waals surface area contributed by atoms with Gasteiger partial charge in [0.2, 0.25) is 10.0 Å². The second-order valence-corrected chi connectivity index (χ2v) is 7.12. The van der Waals surface area contributed by atoms with Crippen LogP contribution in [-0.2, 0) is 23.0 Å². The molecule has 0 amide bonds. The summed E-state index contributed by atoms with van der Waals surface area (Å²) < 4.78 is 28.2. The summed E-state index contributed by atoms with van der Waals surface area (Å²) in [5.74, 6) is 0. The van der Waals surface area contributed by atoms with Crippen molar-refractivity contribution in [2.24, 2.45) is 5.73 Å². The highest BCUT2D eigenvalue weighted by atomic mass is 32.2. The van der Waals surface area contributed by atoms with Gasteiger partial charge in [0, 0.05) is 12.1 Å². The lowest BCUT2D eigenvalue weighted by molar-refractivity contribution is 0.341. The fraction of sp³-hybridized carbons (Fsp3) is 0.625. The molecule has 1 rings (SSSR count). The summed E-state index contributed by atoms with van der Waals surface area (Å²) in [5.41, 5.74) is 7.36. The van der Waals surface area contributed by atoms with Crippen molar-refractivity contribution in [3.05, 3.63) is 29.3 Å². The number of hydrogen-bond acceptors (Lipinski definition) is 3. The van der Waals surface area contributed by atoms with Crippen LogP contribution in [-0.4, -0.2) is 14.0 Å². The van der Waals surface area contributed by atoms with Crippen LogP contribution >= 0.6 is 0 Å². The lowest BCUT2D eigenvalue weighted by Crippen LogP contribution is -2.46. The molecule has 1 aromatic carbocycles. The number of benzene rings is 1. The summed E-state index contributed by atoms with van der Waals surface area (Å²) in [6.07, 6.45) is 3.17. The molecule has 0 atom stereocenters. The summed E-state index contributed by atoms with van der Waals surface area (Å²) in [7, 11) is -3.52. The van der Waals surface area contributed by atoms with E-state index in [2.05, 4.69) is 4.72 Å². The maximum atomic E-state index is 12.6. The molecule has 0 aromatic heterocycles. The van der Waals surface area contributed by atoms with Gasteiger partial charge in [-0.2, -0.15) is 0 Å². The quantitative estimate of drug-likeness (QED) is 0.775. The molecule has 21 heavy (non-hydrogen) atoms. The highest BCUT2D eigenvalue weighted by molar-refractivity contribution is 7.89. The first-order valence-corrected chi connectivity index (χ1v) is 9.22. The molecule has 5 heteroatoms. The topological polar surface area (TPSA) is 72.2 Å². The van der Waals surface area contributed by atoms with Gasteiger partial charge in [-0.1, -0.05) is 33.8 Å². The van der Waals surface area contributed by atoms with Crippen LogP contribution in [0, 0.1) is 0 Å². The zero-order valence-corrected chi connectivity index (χ0v) is 14.4. The number of sulfonamides is 1. The SMILES string of the molecule is CCc1ccc(S(=O)(=O)NC(CC)(CC)CC)cc1CN. The minimum Gasteiger partial charge on any atom is -0.326 e. The molecule has 3 N–H and O–H groups in total. The number of nitrogens with two attached hydrogens (primary N) is 1. The Balaban J connectivity index is 3.19. The molecule has 0 bridgehead atoms. The first-order valence-electron chi connectivity index (χ1n) is 7.73. The second-order valence-electron chi connectivity index (χ2n) is 5.43. The summed E-state index contributed by atoms with van der Waals surface area (Å²) in [4.78, 5) is 0.305. The Hall–Kier alpha value is -0.910. The van der Waals surface area contributed by atoms with Crippen LogP contribution in [0.5, 0.6) is 0 Å². The number of hydrogen-bond donors (Lipinski definition) is 2. The van der Waals surface area contributed by atoms with Gasteiger partial charge in [-0.3, -0.25) is 0 Å². The van der Waals surface area contributed by atoms with E-state index in [9.17, 15) is 8.42 Å². The molecule has 0 saturated carbocycles. The first-order chi connectivity index (χ1) is 9.87. The maximum Gasteiger partial charge on any atom is 0.241 e. The molecule has 4 nitrogen and oxygen atoms in total. The van der Waals surface area contributed by atoms with Crippen LogP contribution in [0.2, 0.25) is 0 Å². The van der Waals surface area contributed by atoms with Crippen LogP contribution in [0.4, 0.5) is 0 Å². The largest absolute Gasteiger partial charge is 0.326 e. The molecule has 1 aromatic rings. The van der Waals surface area contributed by atoms with Crippen LogP contribution < -0.4 is 10.5 Å². The Labute approximate surface area is 129 Å². The summed E-state index contributed by atoms with van der Waals surface area (Å²) in [6.45, 7) is 8.44. The second kappa shape index (κ2) is 7.38. The van der Waals surface area contributed by atoms with Crippen molar-refractivity contribution in [1.82, 2.24) is 4.72 Å². The van der Waals surface area contributed by atoms with Crippen molar-refractivity contribution in [1.29, 1.82) is 0 Å². The van der Waals surface area contributed by atoms with Crippen molar-refractivity contribution in [2.45, 2.75) is 70.4 Å². The average molecular weight is 312 g/mol. The van der Waals surface area contributed by atoms with E-state index in [0.29, 0.717) is 11.4 Å². The highest BCUT2D eigenvalue weighted by Gasteiger charge is 2.30. The number of aryl methyl sites for hydroxylation is 1. The molecular weight excluding hydrogens is 284 g/mol. The third kappa shape index (κ3) is 4.05. The minimum atomic E-state index is -3.52. The molecule has 0 radical (unpaired) electrons. The Morgan fingerprint density at radius 2 is 1.62 bits per heavy atom. The third-order valence-corrected chi connectivity index (χ3v) is 6.05. The van der Waals surface area contributed by atoms with Crippen LogP contribution in [0.1, 0.15) is 58.1 Å². The van der Waals surface area contributed by atoms with Crippen molar-refractivity contribution in [3.63, 3.8) is 0 Å². The maximum absolute atomic E-state index is 12.6. The molecular formula is C16H28N2O2S. The fourth-order valence-electron chi connectivity index (χ4n) is 2.61. The zero-order valence-electron chi connectivity index (χ0n) is 13.6. The molecule has 0 aliphatic rings. The fourth-order valence-corrected chi connectivity index (χ4v) is 4.28. The van der Waals surface area contributed by atoms with E-state index in [4.69, 9.17) is 5.73 Å². The summed E-state index contributed by atoms with van der Waals surface area (Å²) >= 11 is 0. The Morgan fingerprint density at radius 3 is 2.05 bits per heavy atom. The predicted octanol–water partition coefficient (Wildman–Crippen LogP) is 2.95. The molecule has 0 fully saturated rings. The third-order valence-electron chi connectivity index (χ3n) is 4.47. The molecule has 0 unspecified atom stereocenters. The molecule has 0 aliphatic carbocycles. The van der Waals surface area contributed by atoms with Crippen molar-refractivity contribution < 1.29 is 8.42 Å². The summed E-state index contributed by atoms with van der Waals surface area (Å²) in [6, 6.07) is 5.24. The van der Waals surface area contributed by atoms with Gasteiger partial charge in [-0.25, -0.2) is 13.1 Å². The van der Waals surface area contributed by atoms with Crippen molar-refractivity contribution >= 4 is 10.0 Å². The lowest BCUT2D eigenvalue weighted by atomic mass is 9.91. The highest BCUT2D eigenvalue weighted by Crippen LogP contribution is 2.24. The molecule has 0 spiro atoms. The standard InChI is InChI=1S/C16H28N2O2S/c1-5-13-9-10-15(11-14(13)12-17)21(19,20)18-16(6-2,7-3)8-4/h9-11,18H,5-8,12,17H2,1-4H3. The van der Waals surface area contributed by atoms with Gasteiger partial charge in [0.15, 0.2) is 0 Å². The smallest absolute Gasteiger partial charge is 0.241 e. The Bertz CT molecular complexity index is 555. The van der Waals surface area contributed by atoms with Gasteiger partial charge in [-0.05, 0) is 48.9 Å². The zero-order chi connectivity index (χ0) is 16.1. The predicted molar refractivity (Wildman–Crippen MR) is 87.6 cm³/mol. The molecule has 0 saturated heterocycles. The van der Waals surface area contributed by atoms with E-state index in [1.807, 2.05) is 33.8 Å². The van der Waals surface area contributed by atoms with E-state index < -0.39 is 10.0 Å². The van der Waals surface area contributed by atoms with E-state index in [-0.39, 0.29) is 5.54 Å². The van der Waals surface area contributed by atoms with Crippen LogP contribution in [0.3, 0.4) is 0 Å². The average Bonchev–Trinajstić information content (AvgIpc) is 2.51.